The quantitative estimate of drug-likeness (QED) is 0.566. The number of fused-ring (bicyclic) bond motifs is 2. The van der Waals surface area contributed by atoms with Crippen molar-refractivity contribution in [3.63, 3.8) is 0 Å². The first kappa shape index (κ1) is 7.61. The lowest BCUT2D eigenvalue weighted by Crippen LogP contribution is -2.02. The Labute approximate surface area is 80.0 Å². The minimum Gasteiger partial charge on any atom is -0.0801 e. The molecule has 68 valence electrons. The molecular formula is C13H16. The summed E-state index contributed by atoms with van der Waals surface area (Å²) in [5, 5.41) is 0. The molecule has 0 aromatic carbocycles. The van der Waals surface area contributed by atoms with E-state index in [1.807, 2.05) is 0 Å². The topological polar surface area (TPSA) is 0 Å². The van der Waals surface area contributed by atoms with Gasteiger partial charge in [-0.2, -0.15) is 0 Å². The Morgan fingerprint density at radius 3 is 2.69 bits per heavy atom. The summed E-state index contributed by atoms with van der Waals surface area (Å²) in [5.74, 6) is 1.87. The van der Waals surface area contributed by atoms with E-state index in [1.165, 1.54) is 25.7 Å². The molecule has 0 amide bonds. The fourth-order valence-electron chi connectivity index (χ4n) is 3.34. The first-order chi connectivity index (χ1) is 6.36. The maximum Gasteiger partial charge on any atom is -0.00915 e. The number of hydrogen-bond donors (Lipinski definition) is 0. The van der Waals surface area contributed by atoms with Crippen LogP contribution < -0.4 is 0 Å². The molecule has 0 heterocycles. The lowest BCUT2D eigenvalue weighted by atomic mass is 9.87. The van der Waals surface area contributed by atoms with Crippen molar-refractivity contribution < 1.29 is 0 Å². The summed E-state index contributed by atoms with van der Waals surface area (Å²) in [5.41, 5.74) is 5.07. The Balaban J connectivity index is 1.99. The van der Waals surface area contributed by atoms with Crippen LogP contribution in [0.4, 0.5) is 0 Å². The Hall–Kier alpha value is -0.780. The largest absolute Gasteiger partial charge is 0.0801 e. The zero-order valence-corrected chi connectivity index (χ0v) is 8.22. The summed E-state index contributed by atoms with van der Waals surface area (Å²) in [4.78, 5) is 0. The highest BCUT2D eigenvalue weighted by Gasteiger charge is 2.37. The highest BCUT2D eigenvalue weighted by atomic mass is 14.4. The first-order valence-corrected chi connectivity index (χ1v) is 5.43. The summed E-state index contributed by atoms with van der Waals surface area (Å²) in [6.45, 7) is 2.36. The molecule has 0 aromatic heterocycles. The fourth-order valence-corrected chi connectivity index (χ4v) is 3.34. The Kier molecular flexibility index (Phi) is 1.52. The second-order valence-corrected chi connectivity index (χ2v) is 4.63. The molecule has 0 N–H and O–H groups in total. The summed E-state index contributed by atoms with van der Waals surface area (Å²) in [6, 6.07) is 0. The van der Waals surface area contributed by atoms with Crippen LogP contribution in [-0.2, 0) is 0 Å². The SMILES string of the molecule is CC1=C(C2=CC=CC2)C2CCC1C2. The van der Waals surface area contributed by atoms with Crippen molar-refractivity contribution in [1.29, 1.82) is 0 Å². The van der Waals surface area contributed by atoms with Gasteiger partial charge in [-0.1, -0.05) is 23.8 Å². The van der Waals surface area contributed by atoms with Crippen molar-refractivity contribution >= 4 is 0 Å². The van der Waals surface area contributed by atoms with E-state index in [1.54, 1.807) is 16.7 Å². The van der Waals surface area contributed by atoms with Crippen molar-refractivity contribution in [3.05, 3.63) is 34.9 Å². The van der Waals surface area contributed by atoms with Gasteiger partial charge in [0.2, 0.25) is 0 Å². The molecule has 3 rings (SSSR count). The number of rotatable bonds is 1. The molecule has 0 nitrogen and oxygen atoms in total. The number of hydrogen-bond acceptors (Lipinski definition) is 0. The predicted molar refractivity (Wildman–Crippen MR) is 55.4 cm³/mol. The molecule has 0 saturated heterocycles. The van der Waals surface area contributed by atoms with Gasteiger partial charge in [0.1, 0.15) is 0 Å². The zero-order valence-electron chi connectivity index (χ0n) is 8.22. The first-order valence-electron chi connectivity index (χ1n) is 5.43. The van der Waals surface area contributed by atoms with E-state index in [9.17, 15) is 0 Å². The molecule has 2 atom stereocenters. The maximum absolute atomic E-state index is 2.36. The highest BCUT2D eigenvalue weighted by Crippen LogP contribution is 2.51. The smallest absolute Gasteiger partial charge is 0.00915 e. The minimum absolute atomic E-state index is 0.927. The van der Waals surface area contributed by atoms with Crippen LogP contribution in [0.2, 0.25) is 0 Å². The fraction of sp³-hybridized carbons (Fsp3) is 0.538. The molecule has 0 aromatic rings. The van der Waals surface area contributed by atoms with Crippen LogP contribution in [-0.4, -0.2) is 0 Å². The number of allylic oxidation sites excluding steroid dienone is 6. The standard InChI is InChI=1S/C13H16/c1-9-11-6-7-12(8-11)13(9)10-4-2-3-5-10/h2-4,11-12H,5-8H2,1H3. The Morgan fingerprint density at radius 2 is 2.08 bits per heavy atom. The Bertz CT molecular complexity index is 328. The van der Waals surface area contributed by atoms with Crippen LogP contribution in [0, 0.1) is 11.8 Å². The van der Waals surface area contributed by atoms with Crippen molar-refractivity contribution in [1.82, 2.24) is 0 Å². The third-order valence-corrected chi connectivity index (χ3v) is 4.00. The molecule has 0 radical (unpaired) electrons. The lowest BCUT2D eigenvalue weighted by Gasteiger charge is -2.18. The molecule has 0 aliphatic heterocycles. The van der Waals surface area contributed by atoms with Crippen molar-refractivity contribution in [2.24, 2.45) is 11.8 Å². The van der Waals surface area contributed by atoms with Crippen LogP contribution in [0.1, 0.15) is 32.6 Å². The zero-order chi connectivity index (χ0) is 8.84. The molecule has 2 unspecified atom stereocenters. The third-order valence-electron chi connectivity index (χ3n) is 4.00. The molecule has 3 aliphatic rings. The highest BCUT2D eigenvalue weighted by molar-refractivity contribution is 5.47. The average molecular weight is 172 g/mol. The monoisotopic (exact) mass is 172 g/mol. The van der Waals surface area contributed by atoms with Crippen molar-refractivity contribution in [2.45, 2.75) is 32.6 Å². The van der Waals surface area contributed by atoms with Crippen LogP contribution >= 0.6 is 0 Å². The van der Waals surface area contributed by atoms with Gasteiger partial charge < -0.3 is 0 Å². The van der Waals surface area contributed by atoms with E-state index < -0.39 is 0 Å². The average Bonchev–Trinajstić information content (AvgIpc) is 2.76. The predicted octanol–water partition coefficient (Wildman–Crippen LogP) is 3.62. The van der Waals surface area contributed by atoms with Gasteiger partial charge in [0.15, 0.2) is 0 Å². The minimum atomic E-state index is 0.927. The van der Waals surface area contributed by atoms with Crippen LogP contribution in [0.15, 0.2) is 34.9 Å². The normalized spacial score (nSPS) is 36.2. The second kappa shape index (κ2) is 2.60. The van der Waals surface area contributed by atoms with E-state index >= 15 is 0 Å². The maximum atomic E-state index is 2.36. The summed E-state index contributed by atoms with van der Waals surface area (Å²) < 4.78 is 0. The third kappa shape index (κ3) is 0.979. The van der Waals surface area contributed by atoms with Crippen LogP contribution in [0.3, 0.4) is 0 Å². The van der Waals surface area contributed by atoms with Gasteiger partial charge in [-0.25, -0.2) is 0 Å². The second-order valence-electron chi connectivity index (χ2n) is 4.63. The van der Waals surface area contributed by atoms with E-state index in [2.05, 4.69) is 25.2 Å². The van der Waals surface area contributed by atoms with E-state index in [0.717, 1.165) is 11.8 Å². The molecule has 2 bridgehead atoms. The van der Waals surface area contributed by atoms with Gasteiger partial charge >= 0.3 is 0 Å². The van der Waals surface area contributed by atoms with Gasteiger partial charge in [0.05, 0.1) is 0 Å². The van der Waals surface area contributed by atoms with Gasteiger partial charge in [0.25, 0.3) is 0 Å². The summed E-state index contributed by atoms with van der Waals surface area (Å²) >= 11 is 0. The molecule has 3 aliphatic carbocycles. The molecule has 1 fully saturated rings. The van der Waals surface area contributed by atoms with Gasteiger partial charge in [-0.05, 0) is 55.6 Å². The Morgan fingerprint density at radius 1 is 1.23 bits per heavy atom. The summed E-state index contributed by atoms with van der Waals surface area (Å²) in [6.07, 6.45) is 12.4. The van der Waals surface area contributed by atoms with Gasteiger partial charge in [0, 0.05) is 0 Å². The lowest BCUT2D eigenvalue weighted by molar-refractivity contribution is 0.651. The summed E-state index contributed by atoms with van der Waals surface area (Å²) in [7, 11) is 0. The van der Waals surface area contributed by atoms with E-state index in [-0.39, 0.29) is 0 Å². The molecular weight excluding hydrogens is 156 g/mol. The molecule has 1 saturated carbocycles. The van der Waals surface area contributed by atoms with Gasteiger partial charge in [-0.3, -0.25) is 0 Å². The van der Waals surface area contributed by atoms with E-state index in [0.29, 0.717) is 0 Å². The van der Waals surface area contributed by atoms with E-state index in [4.69, 9.17) is 0 Å². The van der Waals surface area contributed by atoms with Crippen molar-refractivity contribution in [3.8, 4) is 0 Å². The van der Waals surface area contributed by atoms with Gasteiger partial charge in [-0.15, -0.1) is 0 Å². The van der Waals surface area contributed by atoms with Crippen LogP contribution in [0.5, 0.6) is 0 Å². The molecule has 0 heteroatoms. The molecule has 13 heavy (non-hydrogen) atoms. The van der Waals surface area contributed by atoms with Crippen LogP contribution in [0.25, 0.3) is 0 Å². The molecule has 0 spiro atoms. The van der Waals surface area contributed by atoms with Crippen molar-refractivity contribution in [2.75, 3.05) is 0 Å².